The van der Waals surface area contributed by atoms with Crippen LogP contribution >= 0.6 is 11.6 Å². The van der Waals surface area contributed by atoms with Gasteiger partial charge < -0.3 is 0 Å². The maximum atomic E-state index is 6.07. The Hall–Kier alpha value is -1.42. The monoisotopic (exact) mass is 250 g/mol. The molecule has 0 radical (unpaired) electrons. The summed E-state index contributed by atoms with van der Waals surface area (Å²) in [5, 5.41) is 11.5. The maximum absolute atomic E-state index is 6.07. The fraction of sp³-hybridized carbons (Fsp3) is 0.417. The quantitative estimate of drug-likeness (QED) is 0.787. The topological polar surface area (TPSA) is 43.6 Å². The largest absolute Gasteiger partial charge is 0.196 e. The molecule has 4 nitrogen and oxygen atoms in total. The van der Waals surface area contributed by atoms with Crippen molar-refractivity contribution in [2.75, 3.05) is 0 Å². The van der Waals surface area contributed by atoms with Gasteiger partial charge in [0, 0.05) is 0 Å². The fourth-order valence-electron chi connectivity index (χ4n) is 1.78. The Kier molecular flexibility index (Phi) is 3.43. The zero-order valence-corrected chi connectivity index (χ0v) is 10.9. The number of alkyl halides is 1. The minimum Gasteiger partial charge on any atom is -0.196 e. The van der Waals surface area contributed by atoms with E-state index in [2.05, 4.69) is 35.4 Å². The molecule has 0 amide bonds. The lowest BCUT2D eigenvalue weighted by molar-refractivity contribution is 0.738. The molecule has 0 aliphatic carbocycles. The van der Waals surface area contributed by atoms with E-state index in [0.717, 1.165) is 5.69 Å². The minimum absolute atomic E-state index is 0.217. The Labute approximate surface area is 106 Å². The van der Waals surface area contributed by atoms with Crippen LogP contribution in [0.5, 0.6) is 0 Å². The van der Waals surface area contributed by atoms with Crippen molar-refractivity contribution in [2.24, 2.45) is 0 Å². The SMILES string of the molecule is CC(C)c1ccccc1-n1nnnc1C(C)Cl. The average molecular weight is 251 g/mol. The van der Waals surface area contributed by atoms with Gasteiger partial charge in [0.15, 0.2) is 5.82 Å². The van der Waals surface area contributed by atoms with Gasteiger partial charge in [-0.1, -0.05) is 32.0 Å². The number of aromatic nitrogens is 4. The molecule has 0 N–H and O–H groups in total. The summed E-state index contributed by atoms with van der Waals surface area (Å²) in [6, 6.07) is 8.09. The summed E-state index contributed by atoms with van der Waals surface area (Å²) in [7, 11) is 0. The number of nitrogens with zero attached hydrogens (tertiary/aromatic N) is 4. The third-order valence-corrected chi connectivity index (χ3v) is 2.83. The van der Waals surface area contributed by atoms with Gasteiger partial charge in [-0.3, -0.25) is 0 Å². The first-order valence-corrected chi connectivity index (χ1v) is 6.06. The molecule has 0 fully saturated rings. The number of hydrogen-bond donors (Lipinski definition) is 0. The Balaban J connectivity index is 2.56. The summed E-state index contributed by atoms with van der Waals surface area (Å²) >= 11 is 6.07. The first kappa shape index (κ1) is 12.0. The van der Waals surface area contributed by atoms with Gasteiger partial charge in [-0.25, -0.2) is 0 Å². The highest BCUT2D eigenvalue weighted by Gasteiger charge is 2.16. The highest BCUT2D eigenvalue weighted by molar-refractivity contribution is 6.20. The summed E-state index contributed by atoms with van der Waals surface area (Å²) in [5.41, 5.74) is 2.20. The van der Waals surface area contributed by atoms with Crippen molar-refractivity contribution >= 4 is 11.6 Å². The van der Waals surface area contributed by atoms with E-state index in [1.54, 1.807) is 4.68 Å². The van der Waals surface area contributed by atoms with E-state index in [4.69, 9.17) is 11.6 Å². The zero-order chi connectivity index (χ0) is 12.4. The molecule has 5 heteroatoms. The van der Waals surface area contributed by atoms with E-state index in [0.29, 0.717) is 11.7 Å². The summed E-state index contributed by atoms with van der Waals surface area (Å²) in [6.07, 6.45) is 0. The number of para-hydroxylation sites is 1. The first-order chi connectivity index (χ1) is 8.11. The molecule has 0 aliphatic heterocycles. The van der Waals surface area contributed by atoms with Gasteiger partial charge in [0.25, 0.3) is 0 Å². The molecule has 0 bridgehead atoms. The van der Waals surface area contributed by atoms with Crippen LogP contribution in [0.15, 0.2) is 24.3 Å². The second-order valence-corrected chi connectivity index (χ2v) is 4.93. The van der Waals surface area contributed by atoms with Gasteiger partial charge in [0.05, 0.1) is 11.1 Å². The molecule has 90 valence electrons. The summed E-state index contributed by atoms with van der Waals surface area (Å²) in [6.45, 7) is 6.15. The van der Waals surface area contributed by atoms with Crippen LogP contribution in [-0.2, 0) is 0 Å². The smallest absolute Gasteiger partial charge is 0.174 e. The Bertz CT molecular complexity index is 505. The zero-order valence-electron chi connectivity index (χ0n) is 10.1. The molecule has 17 heavy (non-hydrogen) atoms. The summed E-state index contributed by atoms with van der Waals surface area (Å²) in [5.74, 6) is 1.08. The van der Waals surface area contributed by atoms with Crippen LogP contribution < -0.4 is 0 Å². The van der Waals surface area contributed by atoms with E-state index >= 15 is 0 Å². The number of hydrogen-bond acceptors (Lipinski definition) is 3. The van der Waals surface area contributed by atoms with Crippen LogP contribution in [0, 0.1) is 0 Å². The van der Waals surface area contributed by atoms with Crippen LogP contribution in [0.1, 0.15) is 43.5 Å². The van der Waals surface area contributed by atoms with Crippen molar-refractivity contribution in [2.45, 2.75) is 32.1 Å². The van der Waals surface area contributed by atoms with Crippen molar-refractivity contribution in [1.29, 1.82) is 0 Å². The molecule has 1 atom stereocenters. The summed E-state index contributed by atoms with van der Waals surface area (Å²) < 4.78 is 1.72. The molecule has 1 aromatic heterocycles. The number of halogens is 1. The van der Waals surface area contributed by atoms with E-state index < -0.39 is 0 Å². The molecule has 1 unspecified atom stereocenters. The van der Waals surface area contributed by atoms with Crippen LogP contribution in [0.25, 0.3) is 5.69 Å². The lowest BCUT2D eigenvalue weighted by atomic mass is 10.0. The molecular formula is C12H15ClN4. The summed E-state index contributed by atoms with van der Waals surface area (Å²) in [4.78, 5) is 0. The highest BCUT2D eigenvalue weighted by Crippen LogP contribution is 2.25. The molecule has 2 aromatic rings. The van der Waals surface area contributed by atoms with Gasteiger partial charge >= 0.3 is 0 Å². The molecule has 1 heterocycles. The average Bonchev–Trinajstić information content (AvgIpc) is 2.77. The van der Waals surface area contributed by atoms with Crippen LogP contribution in [0.4, 0.5) is 0 Å². The molecular weight excluding hydrogens is 236 g/mol. The lowest BCUT2D eigenvalue weighted by Crippen LogP contribution is -2.07. The van der Waals surface area contributed by atoms with Gasteiger partial charge in [0.1, 0.15) is 0 Å². The standard InChI is InChI=1S/C12H15ClN4/c1-8(2)10-6-4-5-7-11(10)17-12(9(3)13)14-15-16-17/h4-9H,1-3H3. The van der Waals surface area contributed by atoms with Crippen LogP contribution in [-0.4, -0.2) is 20.2 Å². The maximum Gasteiger partial charge on any atom is 0.174 e. The van der Waals surface area contributed by atoms with E-state index in [9.17, 15) is 0 Å². The Morgan fingerprint density at radius 1 is 1.18 bits per heavy atom. The Morgan fingerprint density at radius 2 is 1.88 bits per heavy atom. The molecule has 1 aromatic carbocycles. The van der Waals surface area contributed by atoms with Crippen molar-refractivity contribution in [1.82, 2.24) is 20.2 Å². The molecule has 0 spiro atoms. The van der Waals surface area contributed by atoms with Crippen molar-refractivity contribution < 1.29 is 0 Å². The predicted octanol–water partition coefficient (Wildman–Crippen LogP) is 3.09. The lowest BCUT2D eigenvalue weighted by Gasteiger charge is -2.13. The van der Waals surface area contributed by atoms with Gasteiger partial charge in [-0.15, -0.1) is 16.7 Å². The van der Waals surface area contributed by atoms with Crippen molar-refractivity contribution in [3.05, 3.63) is 35.7 Å². The number of benzene rings is 1. The van der Waals surface area contributed by atoms with E-state index in [1.807, 2.05) is 25.1 Å². The van der Waals surface area contributed by atoms with Crippen LogP contribution in [0.2, 0.25) is 0 Å². The van der Waals surface area contributed by atoms with Crippen molar-refractivity contribution in [3.63, 3.8) is 0 Å². The second kappa shape index (κ2) is 4.84. The van der Waals surface area contributed by atoms with Crippen molar-refractivity contribution in [3.8, 4) is 5.69 Å². The number of tetrazole rings is 1. The fourth-order valence-corrected chi connectivity index (χ4v) is 1.92. The van der Waals surface area contributed by atoms with Crippen LogP contribution in [0.3, 0.4) is 0 Å². The molecule has 0 aliphatic rings. The third kappa shape index (κ3) is 2.31. The Morgan fingerprint density at radius 3 is 2.53 bits per heavy atom. The molecule has 0 saturated heterocycles. The number of rotatable bonds is 3. The van der Waals surface area contributed by atoms with Gasteiger partial charge in [-0.05, 0) is 34.9 Å². The van der Waals surface area contributed by atoms with E-state index in [1.165, 1.54) is 5.56 Å². The highest BCUT2D eigenvalue weighted by atomic mass is 35.5. The minimum atomic E-state index is -0.217. The normalized spacial score (nSPS) is 13.0. The van der Waals surface area contributed by atoms with E-state index in [-0.39, 0.29) is 5.38 Å². The third-order valence-electron chi connectivity index (χ3n) is 2.64. The second-order valence-electron chi connectivity index (χ2n) is 4.28. The van der Waals surface area contributed by atoms with Gasteiger partial charge in [0.2, 0.25) is 0 Å². The molecule has 2 rings (SSSR count). The molecule has 0 saturated carbocycles. The predicted molar refractivity (Wildman–Crippen MR) is 67.5 cm³/mol. The van der Waals surface area contributed by atoms with Gasteiger partial charge in [-0.2, -0.15) is 4.68 Å². The first-order valence-electron chi connectivity index (χ1n) is 5.63.